The maximum atomic E-state index is 9.85. The minimum atomic E-state index is -0.585. The van der Waals surface area contributed by atoms with Crippen molar-refractivity contribution in [1.82, 2.24) is 0 Å². The molecule has 0 aromatic heterocycles. The maximum absolute atomic E-state index is 9.85. The van der Waals surface area contributed by atoms with Gasteiger partial charge in [-0.15, -0.1) is 0 Å². The van der Waals surface area contributed by atoms with Gasteiger partial charge in [-0.3, -0.25) is 0 Å². The summed E-state index contributed by atoms with van der Waals surface area (Å²) in [5.74, 6) is 0.123. The van der Waals surface area contributed by atoms with Crippen LogP contribution >= 0.6 is 11.8 Å². The highest BCUT2D eigenvalue weighted by Crippen LogP contribution is 2.22. The summed E-state index contributed by atoms with van der Waals surface area (Å²) in [5, 5.41) is 9.85. The van der Waals surface area contributed by atoms with Gasteiger partial charge in [0.25, 0.3) is 0 Å². The van der Waals surface area contributed by atoms with Crippen LogP contribution in [0, 0.1) is 5.92 Å². The van der Waals surface area contributed by atoms with Gasteiger partial charge in [-0.25, -0.2) is 0 Å². The molecule has 0 rings (SSSR count). The molecular formula is C10H19ClNO+. The van der Waals surface area contributed by atoms with E-state index in [0.29, 0.717) is 13.1 Å². The molecule has 2 nitrogen and oxygen atoms in total. The van der Waals surface area contributed by atoms with Crippen LogP contribution in [0.4, 0.5) is 0 Å². The number of aliphatic hydroxyl groups is 1. The second-order valence-corrected chi connectivity index (χ2v) is 4.20. The number of hydrogen-bond donors (Lipinski definition) is 1. The Balaban J connectivity index is 4.54. The van der Waals surface area contributed by atoms with Crippen molar-refractivity contribution in [3.63, 3.8) is 0 Å². The van der Waals surface area contributed by atoms with Crippen LogP contribution in [-0.4, -0.2) is 28.4 Å². The molecule has 0 saturated carbocycles. The lowest BCUT2D eigenvalue weighted by molar-refractivity contribution is -0.860. The fourth-order valence-corrected chi connectivity index (χ4v) is 1.67. The van der Waals surface area contributed by atoms with Gasteiger partial charge < -0.3 is 5.11 Å². The molecule has 0 saturated heterocycles. The van der Waals surface area contributed by atoms with Crippen LogP contribution in [-0.2, 0) is 0 Å². The van der Waals surface area contributed by atoms with Crippen molar-refractivity contribution < 1.29 is 9.11 Å². The molecule has 0 aliphatic carbocycles. The van der Waals surface area contributed by atoms with Gasteiger partial charge in [-0.2, -0.15) is 4.00 Å². The minimum Gasteiger partial charge on any atom is -0.343 e. The summed E-state index contributed by atoms with van der Waals surface area (Å²) in [6, 6.07) is 0. The highest BCUT2D eigenvalue weighted by Gasteiger charge is 2.34. The normalized spacial score (nSPS) is 14.2. The van der Waals surface area contributed by atoms with E-state index in [1.165, 1.54) is 0 Å². The fraction of sp³-hybridized carbons (Fsp3) is 0.600. The van der Waals surface area contributed by atoms with Gasteiger partial charge in [0.1, 0.15) is 13.1 Å². The van der Waals surface area contributed by atoms with Crippen LogP contribution in [0.2, 0.25) is 0 Å². The van der Waals surface area contributed by atoms with Crippen molar-refractivity contribution >= 4 is 11.8 Å². The molecule has 0 fully saturated rings. The summed E-state index contributed by atoms with van der Waals surface area (Å²) >= 11 is 6.23. The van der Waals surface area contributed by atoms with E-state index in [1.54, 1.807) is 12.2 Å². The summed E-state index contributed by atoms with van der Waals surface area (Å²) < 4.78 is 0.0463. The Morgan fingerprint density at radius 3 is 1.92 bits per heavy atom. The van der Waals surface area contributed by atoms with Crippen molar-refractivity contribution in [2.24, 2.45) is 5.92 Å². The van der Waals surface area contributed by atoms with Gasteiger partial charge in [0.15, 0.2) is 11.8 Å². The molecule has 0 aliphatic rings. The van der Waals surface area contributed by atoms with Gasteiger partial charge in [-0.1, -0.05) is 27.0 Å². The number of hydrogen-bond acceptors (Lipinski definition) is 1. The molecule has 13 heavy (non-hydrogen) atoms. The standard InChI is InChI=1S/C10H19ClNO/c1-5-7-12(11,8-6-2)10(13)9(3)4/h5-6,9-10,13H,1-2,7-8H2,3-4H3/q+1. The van der Waals surface area contributed by atoms with E-state index in [4.69, 9.17) is 11.8 Å². The van der Waals surface area contributed by atoms with Crippen LogP contribution in [0.25, 0.3) is 0 Å². The summed E-state index contributed by atoms with van der Waals surface area (Å²) in [7, 11) is 0. The average Bonchev–Trinajstić information content (AvgIpc) is 2.03. The van der Waals surface area contributed by atoms with E-state index in [0.717, 1.165) is 0 Å². The van der Waals surface area contributed by atoms with Crippen molar-refractivity contribution in [3.05, 3.63) is 25.3 Å². The first-order chi connectivity index (χ1) is 5.98. The van der Waals surface area contributed by atoms with Crippen LogP contribution in [0.3, 0.4) is 0 Å². The van der Waals surface area contributed by atoms with Gasteiger partial charge in [-0.05, 0) is 12.2 Å². The lowest BCUT2D eigenvalue weighted by Crippen LogP contribution is -2.50. The lowest BCUT2D eigenvalue weighted by Gasteiger charge is -2.33. The minimum absolute atomic E-state index is 0.0463. The number of halogens is 1. The Morgan fingerprint density at radius 2 is 1.69 bits per heavy atom. The molecule has 0 radical (unpaired) electrons. The molecule has 1 atom stereocenters. The third kappa shape index (κ3) is 3.51. The zero-order valence-corrected chi connectivity index (χ0v) is 9.17. The Hall–Kier alpha value is -0.310. The predicted molar refractivity (Wildman–Crippen MR) is 57.1 cm³/mol. The van der Waals surface area contributed by atoms with Gasteiger partial charge in [0.05, 0.1) is 0 Å². The quantitative estimate of drug-likeness (QED) is 0.400. The Kier molecular flexibility index (Phi) is 5.30. The summed E-state index contributed by atoms with van der Waals surface area (Å²) in [6.07, 6.45) is 2.84. The first kappa shape index (κ1) is 12.7. The highest BCUT2D eigenvalue weighted by atomic mass is 35.5. The summed E-state index contributed by atoms with van der Waals surface area (Å²) in [6.45, 7) is 12.2. The van der Waals surface area contributed by atoms with Gasteiger partial charge in [0.2, 0.25) is 6.23 Å². The third-order valence-corrected chi connectivity index (χ3v) is 2.41. The molecule has 76 valence electrons. The van der Waals surface area contributed by atoms with Gasteiger partial charge >= 0.3 is 0 Å². The van der Waals surface area contributed by atoms with Crippen LogP contribution in [0.5, 0.6) is 0 Å². The van der Waals surface area contributed by atoms with Crippen molar-refractivity contribution in [1.29, 1.82) is 0 Å². The molecule has 0 heterocycles. The monoisotopic (exact) mass is 204 g/mol. The average molecular weight is 205 g/mol. The van der Waals surface area contributed by atoms with E-state index in [1.807, 2.05) is 13.8 Å². The molecule has 3 heteroatoms. The highest BCUT2D eigenvalue weighted by molar-refractivity contribution is 6.06. The van der Waals surface area contributed by atoms with E-state index < -0.39 is 6.23 Å². The Morgan fingerprint density at radius 1 is 1.31 bits per heavy atom. The molecular weight excluding hydrogens is 186 g/mol. The Labute approximate surface area is 85.8 Å². The summed E-state index contributed by atoms with van der Waals surface area (Å²) in [5.41, 5.74) is 0. The predicted octanol–water partition coefficient (Wildman–Crippen LogP) is 2.30. The number of aliphatic hydroxyl groups excluding tert-OH is 1. The molecule has 0 amide bonds. The second-order valence-electron chi connectivity index (χ2n) is 3.53. The largest absolute Gasteiger partial charge is 0.343 e. The second kappa shape index (κ2) is 5.43. The molecule has 1 N–H and O–H groups in total. The van der Waals surface area contributed by atoms with E-state index in [2.05, 4.69) is 13.2 Å². The molecule has 0 aromatic carbocycles. The topological polar surface area (TPSA) is 20.2 Å². The van der Waals surface area contributed by atoms with Gasteiger partial charge in [0, 0.05) is 5.92 Å². The third-order valence-electron chi connectivity index (χ3n) is 1.94. The Bertz CT molecular complexity index is 170. The number of rotatable bonds is 6. The smallest absolute Gasteiger partial charge is 0.210 e. The number of nitrogens with zero attached hydrogens (tertiary/aromatic N) is 1. The zero-order valence-electron chi connectivity index (χ0n) is 8.41. The van der Waals surface area contributed by atoms with Crippen molar-refractivity contribution in [2.45, 2.75) is 20.1 Å². The maximum Gasteiger partial charge on any atom is 0.210 e. The lowest BCUT2D eigenvalue weighted by atomic mass is 10.1. The van der Waals surface area contributed by atoms with Crippen LogP contribution in [0.15, 0.2) is 25.3 Å². The molecule has 0 aromatic rings. The zero-order chi connectivity index (χ0) is 10.5. The summed E-state index contributed by atoms with van der Waals surface area (Å²) in [4.78, 5) is 0. The van der Waals surface area contributed by atoms with E-state index in [-0.39, 0.29) is 9.92 Å². The van der Waals surface area contributed by atoms with E-state index >= 15 is 0 Å². The van der Waals surface area contributed by atoms with Crippen molar-refractivity contribution in [2.75, 3.05) is 13.1 Å². The van der Waals surface area contributed by atoms with Crippen LogP contribution in [0.1, 0.15) is 13.8 Å². The SMILES string of the molecule is C=CC[N+](Cl)(CC=C)C(O)C(C)C. The van der Waals surface area contributed by atoms with Crippen LogP contribution < -0.4 is 0 Å². The van der Waals surface area contributed by atoms with E-state index in [9.17, 15) is 5.11 Å². The first-order valence-corrected chi connectivity index (χ1v) is 4.78. The van der Waals surface area contributed by atoms with Crippen molar-refractivity contribution in [3.8, 4) is 0 Å². The molecule has 0 aliphatic heterocycles. The number of quaternary nitrogens is 1. The fourth-order valence-electron chi connectivity index (χ4n) is 1.25. The first-order valence-electron chi connectivity index (χ1n) is 4.44. The molecule has 0 spiro atoms. The molecule has 0 bridgehead atoms. The molecule has 1 unspecified atom stereocenters.